The van der Waals surface area contributed by atoms with E-state index in [4.69, 9.17) is 0 Å². The van der Waals surface area contributed by atoms with Crippen molar-refractivity contribution < 1.29 is 4.79 Å². The topological polar surface area (TPSA) is 17.1 Å². The number of hydrogen-bond donors (Lipinski definition) is 0. The number of hydrogen-bond acceptors (Lipinski definition) is 1. The highest BCUT2D eigenvalue weighted by atomic mass is 28.3. The van der Waals surface area contributed by atoms with Gasteiger partial charge in [-0.15, -0.1) is 5.54 Å². The molecule has 0 saturated heterocycles. The summed E-state index contributed by atoms with van der Waals surface area (Å²) in [5.74, 6) is 8.92. The van der Waals surface area contributed by atoms with Gasteiger partial charge in [0, 0.05) is 16.5 Å². The Morgan fingerprint density at radius 1 is 1.10 bits per heavy atom. The third-order valence-corrected chi connectivity index (χ3v) is 3.17. The summed E-state index contributed by atoms with van der Waals surface area (Å²) in [5.41, 5.74) is 4.40. The minimum Gasteiger partial charge on any atom is -0.279 e. The predicted molar refractivity (Wildman–Crippen MR) is 88.2 cm³/mol. The van der Waals surface area contributed by atoms with Crippen LogP contribution >= 0.6 is 0 Å². The molecule has 1 nitrogen and oxygen atoms in total. The summed E-state index contributed by atoms with van der Waals surface area (Å²) in [4.78, 5) is 12.2. The summed E-state index contributed by atoms with van der Waals surface area (Å²) in [5, 5.41) is 0. The van der Waals surface area contributed by atoms with Gasteiger partial charge in [0.1, 0.15) is 8.07 Å². The standard InChI is InChI=1S/C18H22OSi/c1-18(2,3)13-11-15-9-7-8-10-16(15)17(19)12-14-20(4,5)6/h7-10H,1-6H3. The average molecular weight is 282 g/mol. The summed E-state index contributed by atoms with van der Waals surface area (Å²) in [6.07, 6.45) is 0. The van der Waals surface area contributed by atoms with Gasteiger partial charge >= 0.3 is 0 Å². The van der Waals surface area contributed by atoms with E-state index in [0.717, 1.165) is 5.56 Å². The Labute approximate surface area is 123 Å². The van der Waals surface area contributed by atoms with Gasteiger partial charge in [-0.05, 0) is 38.8 Å². The smallest absolute Gasteiger partial charge is 0.236 e. The molecule has 1 rings (SSSR count). The van der Waals surface area contributed by atoms with Gasteiger partial charge in [-0.3, -0.25) is 4.79 Å². The van der Waals surface area contributed by atoms with Crippen LogP contribution in [0, 0.1) is 28.7 Å². The summed E-state index contributed by atoms with van der Waals surface area (Å²) in [7, 11) is -1.54. The van der Waals surface area contributed by atoms with Crippen molar-refractivity contribution in [3.05, 3.63) is 35.4 Å². The molecule has 0 aliphatic heterocycles. The van der Waals surface area contributed by atoms with E-state index >= 15 is 0 Å². The van der Waals surface area contributed by atoms with E-state index in [1.54, 1.807) is 6.07 Å². The molecule has 1 aromatic carbocycles. The van der Waals surface area contributed by atoms with Crippen LogP contribution in [0.3, 0.4) is 0 Å². The zero-order valence-corrected chi connectivity index (χ0v) is 14.2. The molecule has 1 aromatic rings. The van der Waals surface area contributed by atoms with E-state index in [1.807, 2.05) is 18.2 Å². The van der Waals surface area contributed by atoms with E-state index in [-0.39, 0.29) is 11.2 Å². The van der Waals surface area contributed by atoms with Crippen LogP contribution in [0.5, 0.6) is 0 Å². The highest BCUT2D eigenvalue weighted by Gasteiger charge is 2.11. The van der Waals surface area contributed by atoms with Crippen molar-refractivity contribution in [1.82, 2.24) is 0 Å². The molecular weight excluding hydrogens is 260 g/mol. The second kappa shape index (κ2) is 6.12. The normalized spacial score (nSPS) is 10.9. The lowest BCUT2D eigenvalue weighted by molar-refractivity contribution is 0.105. The fourth-order valence-electron chi connectivity index (χ4n) is 1.36. The van der Waals surface area contributed by atoms with E-state index in [1.165, 1.54) is 0 Å². The minimum absolute atomic E-state index is 0.0832. The van der Waals surface area contributed by atoms with Crippen LogP contribution in [-0.2, 0) is 0 Å². The first kappa shape index (κ1) is 16.3. The monoisotopic (exact) mass is 282 g/mol. The van der Waals surface area contributed by atoms with Gasteiger partial charge < -0.3 is 0 Å². The molecule has 0 atom stereocenters. The molecule has 0 heterocycles. The lowest BCUT2D eigenvalue weighted by atomic mass is 9.96. The van der Waals surface area contributed by atoms with E-state index < -0.39 is 8.07 Å². The van der Waals surface area contributed by atoms with Crippen LogP contribution in [-0.4, -0.2) is 13.9 Å². The number of carbonyl (C=O) groups excluding carboxylic acids is 1. The molecular formula is C18H22OSi. The van der Waals surface area contributed by atoms with Gasteiger partial charge in [0.15, 0.2) is 0 Å². The number of ketones is 1. The largest absolute Gasteiger partial charge is 0.279 e. The molecule has 0 saturated carbocycles. The molecule has 0 aromatic heterocycles. The lowest BCUT2D eigenvalue weighted by Gasteiger charge is -2.07. The Bertz CT molecular complexity index is 620. The average Bonchev–Trinajstić information content (AvgIpc) is 2.32. The maximum absolute atomic E-state index is 12.2. The summed E-state index contributed by atoms with van der Waals surface area (Å²) >= 11 is 0. The highest BCUT2D eigenvalue weighted by molar-refractivity contribution is 6.84. The van der Waals surface area contributed by atoms with Crippen molar-refractivity contribution in [1.29, 1.82) is 0 Å². The fourth-order valence-corrected chi connectivity index (χ4v) is 1.85. The predicted octanol–water partition coefficient (Wildman–Crippen LogP) is 4.15. The van der Waals surface area contributed by atoms with Crippen LogP contribution in [0.1, 0.15) is 36.7 Å². The van der Waals surface area contributed by atoms with Crippen LogP contribution in [0.4, 0.5) is 0 Å². The van der Waals surface area contributed by atoms with Crippen LogP contribution in [0.15, 0.2) is 24.3 Å². The van der Waals surface area contributed by atoms with Crippen molar-refractivity contribution in [2.75, 3.05) is 0 Å². The van der Waals surface area contributed by atoms with Crippen LogP contribution < -0.4 is 0 Å². The molecule has 0 unspecified atom stereocenters. The first-order valence-electron chi connectivity index (χ1n) is 6.78. The second-order valence-corrected chi connectivity index (χ2v) is 11.6. The van der Waals surface area contributed by atoms with E-state index in [9.17, 15) is 4.79 Å². The Hall–Kier alpha value is -1.77. The number of Topliss-reactive ketones (excluding diaryl/α,β-unsaturated/α-hetero) is 1. The molecule has 20 heavy (non-hydrogen) atoms. The van der Waals surface area contributed by atoms with Gasteiger partial charge in [0.2, 0.25) is 5.78 Å². The Morgan fingerprint density at radius 2 is 1.70 bits per heavy atom. The second-order valence-electron chi connectivity index (χ2n) is 6.87. The van der Waals surface area contributed by atoms with Crippen molar-refractivity contribution in [2.24, 2.45) is 5.41 Å². The summed E-state index contributed by atoms with van der Waals surface area (Å²) < 4.78 is 0. The molecule has 0 fully saturated rings. The van der Waals surface area contributed by atoms with Crippen molar-refractivity contribution in [3.63, 3.8) is 0 Å². The van der Waals surface area contributed by atoms with Crippen molar-refractivity contribution in [3.8, 4) is 23.3 Å². The zero-order chi connectivity index (χ0) is 15.4. The maximum atomic E-state index is 12.2. The SMILES string of the molecule is CC(C)(C)C#Cc1ccccc1C(=O)C#C[Si](C)(C)C. The minimum atomic E-state index is -1.54. The van der Waals surface area contributed by atoms with Gasteiger partial charge in [0.05, 0.1) is 0 Å². The summed E-state index contributed by atoms with van der Waals surface area (Å²) in [6, 6.07) is 7.43. The molecule has 2 heteroatoms. The van der Waals surface area contributed by atoms with Crippen molar-refractivity contribution >= 4 is 13.9 Å². The van der Waals surface area contributed by atoms with Crippen LogP contribution in [0.2, 0.25) is 19.6 Å². The third kappa shape index (κ3) is 5.91. The molecule has 0 aliphatic carbocycles. The maximum Gasteiger partial charge on any atom is 0.236 e. The Balaban J connectivity index is 3.16. The van der Waals surface area contributed by atoms with Gasteiger partial charge in [-0.25, -0.2) is 0 Å². The van der Waals surface area contributed by atoms with Gasteiger partial charge in [-0.1, -0.05) is 43.6 Å². The Kier molecular flexibility index (Phi) is 4.98. The van der Waals surface area contributed by atoms with Crippen molar-refractivity contribution in [2.45, 2.75) is 40.4 Å². The number of rotatable bonds is 1. The number of carbonyl (C=O) groups is 1. The lowest BCUT2D eigenvalue weighted by Crippen LogP contribution is -2.17. The molecule has 0 amide bonds. The van der Waals surface area contributed by atoms with E-state index in [0.29, 0.717) is 5.56 Å². The Morgan fingerprint density at radius 3 is 2.25 bits per heavy atom. The molecule has 0 spiro atoms. The molecule has 0 bridgehead atoms. The van der Waals surface area contributed by atoms with Crippen LogP contribution in [0.25, 0.3) is 0 Å². The van der Waals surface area contributed by atoms with E-state index in [2.05, 4.69) is 63.7 Å². The summed E-state index contributed by atoms with van der Waals surface area (Å²) in [6.45, 7) is 12.5. The van der Waals surface area contributed by atoms with Gasteiger partial charge in [-0.2, -0.15) is 0 Å². The number of benzene rings is 1. The third-order valence-electron chi connectivity index (χ3n) is 2.29. The molecule has 0 radical (unpaired) electrons. The molecule has 0 aliphatic rings. The molecule has 104 valence electrons. The highest BCUT2D eigenvalue weighted by Crippen LogP contribution is 2.13. The zero-order valence-electron chi connectivity index (χ0n) is 13.2. The quantitative estimate of drug-likeness (QED) is 0.430. The fraction of sp³-hybridized carbons (Fsp3) is 0.389. The molecule has 0 N–H and O–H groups in total. The first-order valence-corrected chi connectivity index (χ1v) is 10.3. The van der Waals surface area contributed by atoms with Gasteiger partial charge in [0.25, 0.3) is 0 Å². The first-order chi connectivity index (χ1) is 9.08.